The van der Waals surface area contributed by atoms with E-state index in [1.807, 2.05) is 76.2 Å². The molecule has 2 saturated heterocycles. The molecule has 0 unspecified atom stereocenters. The number of rotatable bonds is 11. The number of aromatic amines is 2. The van der Waals surface area contributed by atoms with Crippen LogP contribution in [-0.4, -0.2) is 123 Å². The summed E-state index contributed by atoms with van der Waals surface area (Å²) in [5.41, 5.74) is 4.59. The minimum atomic E-state index is -0.854. The smallest absolute Gasteiger partial charge is 0.410 e. The molecule has 6 rings (SSSR count). The highest BCUT2D eigenvalue weighted by atomic mass is 16.6. The van der Waals surface area contributed by atoms with Gasteiger partial charge in [-0.05, 0) is 62.1 Å². The quantitative estimate of drug-likeness (QED) is 0.118. The second-order valence-electron chi connectivity index (χ2n) is 17.4. The molecule has 0 bridgehead atoms. The maximum absolute atomic E-state index is 14.0. The summed E-state index contributed by atoms with van der Waals surface area (Å²) < 4.78 is 15.2. The van der Waals surface area contributed by atoms with E-state index in [9.17, 15) is 24.0 Å². The second-order valence-corrected chi connectivity index (χ2v) is 17.4. The minimum Gasteiger partial charge on any atom is -0.453 e. The molecule has 0 spiro atoms. The molecule has 2 aliphatic rings. The van der Waals surface area contributed by atoms with Gasteiger partial charge >= 0.3 is 18.3 Å². The Morgan fingerprint density at radius 1 is 0.726 bits per heavy atom. The summed E-state index contributed by atoms with van der Waals surface area (Å²) in [5.74, 6) is 0.370. The van der Waals surface area contributed by atoms with Crippen LogP contribution in [0.25, 0.3) is 33.6 Å². The van der Waals surface area contributed by atoms with Crippen molar-refractivity contribution >= 4 is 30.1 Å². The molecule has 2 aliphatic heterocycles. The largest absolute Gasteiger partial charge is 0.453 e. The molecular weight excluding hydrogens is 795 g/mol. The summed E-state index contributed by atoms with van der Waals surface area (Å²) in [6, 6.07) is 13.7. The van der Waals surface area contributed by atoms with Crippen LogP contribution in [0.1, 0.15) is 85.0 Å². The van der Waals surface area contributed by atoms with Crippen molar-refractivity contribution in [3.8, 4) is 33.6 Å². The number of nitrogens with one attached hydrogen (secondary N) is 4. The number of methoxy groups -OCH3 is 2. The van der Waals surface area contributed by atoms with E-state index in [2.05, 4.69) is 25.6 Å². The fraction of sp³-hybridized carbons (Fsp3) is 0.489. The van der Waals surface area contributed by atoms with E-state index < -0.39 is 42.0 Å². The van der Waals surface area contributed by atoms with E-state index in [1.165, 1.54) is 14.2 Å². The topological polar surface area (TPSA) is 204 Å². The van der Waals surface area contributed by atoms with Crippen LogP contribution in [0.2, 0.25) is 0 Å². The van der Waals surface area contributed by atoms with Crippen LogP contribution in [0, 0.1) is 11.8 Å². The number of amides is 5. The fourth-order valence-electron chi connectivity index (χ4n) is 7.83. The molecule has 0 aliphatic carbocycles. The highest BCUT2D eigenvalue weighted by molar-refractivity contribution is 5.87. The first-order valence-corrected chi connectivity index (χ1v) is 21.1. The third kappa shape index (κ3) is 10.4. The average Bonchev–Trinajstić information content (AvgIpc) is 4.05. The molecule has 4 N–H and O–H groups in total. The summed E-state index contributed by atoms with van der Waals surface area (Å²) in [4.78, 5) is 86.3. The van der Waals surface area contributed by atoms with Gasteiger partial charge in [0.15, 0.2) is 0 Å². The van der Waals surface area contributed by atoms with Gasteiger partial charge in [0.2, 0.25) is 11.8 Å². The van der Waals surface area contributed by atoms with Crippen LogP contribution in [0.5, 0.6) is 0 Å². The first-order chi connectivity index (χ1) is 29.5. The highest BCUT2D eigenvalue weighted by Gasteiger charge is 2.41. The number of alkyl carbamates (subject to hydrolysis) is 2. The van der Waals surface area contributed by atoms with Crippen molar-refractivity contribution < 1.29 is 38.2 Å². The van der Waals surface area contributed by atoms with Crippen molar-refractivity contribution in [1.29, 1.82) is 0 Å². The molecule has 0 radical (unpaired) electrons. The summed E-state index contributed by atoms with van der Waals surface area (Å²) in [5, 5.41) is 5.36. The predicted molar refractivity (Wildman–Crippen MR) is 231 cm³/mol. The lowest BCUT2D eigenvalue weighted by Crippen LogP contribution is -2.58. The number of carbonyl (C=O) groups is 5. The number of likely N-dealkylation sites (tertiary alicyclic amines) is 1. The third-order valence-electron chi connectivity index (χ3n) is 11.2. The maximum atomic E-state index is 14.0. The number of aromatic nitrogens is 4. The minimum absolute atomic E-state index is 0.123. The van der Waals surface area contributed by atoms with Gasteiger partial charge in [-0.2, -0.15) is 0 Å². The molecule has 4 atom stereocenters. The number of benzene rings is 2. The van der Waals surface area contributed by atoms with Crippen molar-refractivity contribution in [3.63, 3.8) is 0 Å². The molecule has 2 fully saturated rings. The van der Waals surface area contributed by atoms with Crippen LogP contribution in [-0.2, 0) is 23.8 Å². The first kappa shape index (κ1) is 45.1. The van der Waals surface area contributed by atoms with Gasteiger partial charge in [-0.1, -0.05) is 76.2 Å². The zero-order valence-electron chi connectivity index (χ0n) is 37.0. The SMILES string of the molecule is COC(=O)N[C@H](C(=O)N1CCN(C(=O)OC(C)(C)C)C[C@H]1c1nc(-c2ccc(-c3ccc(-c4cnc([C@@H]5CCCN5C(=O)[C@@H](NC(=O)OC)C(C)C)[nH]4)cc3)cc2)c[nH]1)C(C)C. The highest BCUT2D eigenvalue weighted by Crippen LogP contribution is 2.34. The zero-order chi connectivity index (χ0) is 44.9. The van der Waals surface area contributed by atoms with Crippen molar-refractivity contribution in [2.24, 2.45) is 11.8 Å². The second kappa shape index (κ2) is 19.1. The summed E-state index contributed by atoms with van der Waals surface area (Å²) in [6.45, 7) is 14.0. The van der Waals surface area contributed by atoms with Gasteiger partial charge in [0.05, 0.1) is 44.4 Å². The van der Waals surface area contributed by atoms with Crippen LogP contribution in [0.3, 0.4) is 0 Å². The molecule has 4 aromatic rings. The van der Waals surface area contributed by atoms with E-state index >= 15 is 0 Å². The Kier molecular flexibility index (Phi) is 13.9. The Labute approximate surface area is 362 Å². The Morgan fingerprint density at radius 3 is 1.79 bits per heavy atom. The van der Waals surface area contributed by atoms with Gasteiger partial charge < -0.3 is 49.5 Å². The lowest BCUT2D eigenvalue weighted by molar-refractivity contribution is -0.140. The molecule has 2 aromatic carbocycles. The van der Waals surface area contributed by atoms with Gasteiger partial charge in [-0.25, -0.2) is 24.4 Å². The number of imidazole rings is 2. The van der Waals surface area contributed by atoms with Crippen LogP contribution in [0.15, 0.2) is 60.9 Å². The summed E-state index contributed by atoms with van der Waals surface area (Å²) >= 11 is 0. The van der Waals surface area contributed by atoms with Crippen LogP contribution >= 0.6 is 0 Å². The van der Waals surface area contributed by atoms with Crippen LogP contribution in [0.4, 0.5) is 14.4 Å². The normalized spacial score (nSPS) is 17.8. The van der Waals surface area contributed by atoms with E-state index in [-0.39, 0.29) is 49.3 Å². The Morgan fingerprint density at radius 2 is 1.26 bits per heavy atom. The number of carbonyl (C=O) groups excluding carboxylic acids is 5. The number of nitrogens with zero attached hydrogens (tertiary/aromatic N) is 5. The Hall–Kier alpha value is -6.39. The molecule has 5 amide bonds. The number of H-pyrrole nitrogens is 2. The maximum Gasteiger partial charge on any atom is 0.410 e. The Balaban J connectivity index is 1.16. The first-order valence-electron chi connectivity index (χ1n) is 21.1. The van der Waals surface area contributed by atoms with Gasteiger partial charge in [0.25, 0.3) is 0 Å². The Bertz CT molecular complexity index is 2210. The summed E-state index contributed by atoms with van der Waals surface area (Å²) in [7, 11) is 2.53. The van der Waals surface area contributed by atoms with E-state index in [1.54, 1.807) is 47.9 Å². The standard InChI is InChI=1S/C45H59N9O8/c1-26(2)36(50-42(57)60-8)40(55)53-20-10-11-34(53)38-46-23-32(48-38)30-16-12-28(13-17-30)29-14-18-31(19-15-29)33-24-47-39(49-33)35-25-52(44(59)62-45(5,6)7)21-22-54(35)41(56)37(27(3)4)51-43(58)61-9/h12-19,23-24,26-27,34-37H,10-11,20-22,25H2,1-9H3,(H,46,48)(H,47,49)(H,50,57)(H,51,58)/t34-,35-,36-,37-/m0/s1. The average molecular weight is 854 g/mol. The van der Waals surface area contributed by atoms with Crippen molar-refractivity contribution in [3.05, 3.63) is 72.6 Å². The number of hydrogen-bond donors (Lipinski definition) is 4. The van der Waals surface area contributed by atoms with Crippen molar-refractivity contribution in [2.45, 2.75) is 91.1 Å². The lowest BCUT2D eigenvalue weighted by atomic mass is 10.0. The van der Waals surface area contributed by atoms with E-state index in [4.69, 9.17) is 19.2 Å². The van der Waals surface area contributed by atoms with E-state index in [0.29, 0.717) is 23.9 Å². The number of hydrogen-bond acceptors (Lipinski definition) is 10. The molecule has 332 valence electrons. The molecule has 4 heterocycles. The molecular formula is C45H59N9O8. The van der Waals surface area contributed by atoms with Crippen molar-refractivity contribution in [1.82, 2.24) is 45.3 Å². The predicted octanol–water partition coefficient (Wildman–Crippen LogP) is 6.68. The molecule has 62 heavy (non-hydrogen) atoms. The van der Waals surface area contributed by atoms with Gasteiger partial charge in [-0.3, -0.25) is 9.59 Å². The molecule has 17 nitrogen and oxygen atoms in total. The molecule has 17 heteroatoms. The van der Waals surface area contributed by atoms with Gasteiger partial charge in [0.1, 0.15) is 35.4 Å². The number of piperazine rings is 1. The van der Waals surface area contributed by atoms with Gasteiger partial charge in [-0.15, -0.1) is 0 Å². The third-order valence-corrected chi connectivity index (χ3v) is 11.2. The monoisotopic (exact) mass is 853 g/mol. The lowest BCUT2D eigenvalue weighted by Gasteiger charge is -2.42. The fourth-order valence-corrected chi connectivity index (χ4v) is 7.83. The molecule has 0 saturated carbocycles. The van der Waals surface area contributed by atoms with Crippen LogP contribution < -0.4 is 10.6 Å². The van der Waals surface area contributed by atoms with Crippen molar-refractivity contribution in [2.75, 3.05) is 40.4 Å². The zero-order valence-corrected chi connectivity index (χ0v) is 37.0. The van der Waals surface area contributed by atoms with Gasteiger partial charge in [0, 0.05) is 31.4 Å². The van der Waals surface area contributed by atoms with E-state index in [0.717, 1.165) is 40.8 Å². The summed E-state index contributed by atoms with van der Waals surface area (Å²) in [6.07, 6.45) is 3.33. The number of ether oxygens (including phenoxy) is 3. The molecule has 2 aromatic heterocycles.